The average Bonchev–Trinajstić information content (AvgIpc) is 2.90. The van der Waals surface area contributed by atoms with Gasteiger partial charge in [-0.25, -0.2) is 0 Å². The summed E-state index contributed by atoms with van der Waals surface area (Å²) >= 11 is 1.42. The van der Waals surface area contributed by atoms with Gasteiger partial charge in [-0.3, -0.25) is 9.59 Å². The first kappa shape index (κ1) is 16.6. The fourth-order valence-corrected chi connectivity index (χ4v) is 7.02. The second-order valence-corrected chi connectivity index (χ2v) is 9.92. The second kappa shape index (κ2) is 5.57. The van der Waals surface area contributed by atoms with Crippen LogP contribution < -0.4 is 0 Å². The summed E-state index contributed by atoms with van der Waals surface area (Å²) in [5.74, 6) is 1.77. The number of ether oxygens (including phenoxy) is 1. The number of rotatable bonds is 1. The molecule has 0 unspecified atom stereocenters. The van der Waals surface area contributed by atoms with Crippen molar-refractivity contribution in [2.45, 2.75) is 45.3 Å². The van der Waals surface area contributed by atoms with Crippen LogP contribution in [0.3, 0.4) is 0 Å². The molecule has 0 N–H and O–H groups in total. The third-order valence-electron chi connectivity index (χ3n) is 7.11. The molecule has 4 aliphatic rings. The highest BCUT2D eigenvalue weighted by Gasteiger charge is 2.58. The van der Waals surface area contributed by atoms with Gasteiger partial charge in [0, 0.05) is 17.6 Å². The number of fused-ring (bicyclic) bond motifs is 5. The quantitative estimate of drug-likeness (QED) is 0.724. The largest absolute Gasteiger partial charge is 0.381 e. The van der Waals surface area contributed by atoms with Gasteiger partial charge in [-0.1, -0.05) is 31.7 Å². The second-order valence-electron chi connectivity index (χ2n) is 8.54. The molecule has 3 fully saturated rings. The van der Waals surface area contributed by atoms with E-state index < -0.39 is 0 Å². The zero-order valence-corrected chi connectivity index (χ0v) is 15.5. The zero-order chi connectivity index (χ0) is 17.1. The van der Waals surface area contributed by atoms with E-state index in [1.165, 1.54) is 30.2 Å². The van der Waals surface area contributed by atoms with Gasteiger partial charge in [0.05, 0.1) is 13.2 Å². The highest BCUT2D eigenvalue weighted by atomic mass is 32.2. The predicted octanol–water partition coefficient (Wildman–Crippen LogP) is 3.79. The maximum absolute atomic E-state index is 12.0. The molecule has 0 bridgehead atoms. The Morgan fingerprint density at radius 2 is 2.12 bits per heavy atom. The minimum Gasteiger partial charge on any atom is -0.381 e. The number of ketones is 1. The Labute approximate surface area is 148 Å². The Morgan fingerprint density at radius 3 is 2.88 bits per heavy atom. The highest BCUT2D eigenvalue weighted by molar-refractivity contribution is 8.14. The zero-order valence-electron chi connectivity index (χ0n) is 14.7. The van der Waals surface area contributed by atoms with Crippen LogP contribution in [-0.2, 0) is 14.3 Å². The molecule has 1 heterocycles. The van der Waals surface area contributed by atoms with Crippen molar-refractivity contribution in [3.05, 3.63) is 23.8 Å². The molecule has 130 valence electrons. The normalized spacial score (nSPS) is 46.8. The van der Waals surface area contributed by atoms with Crippen molar-refractivity contribution in [3.8, 4) is 0 Å². The summed E-state index contributed by atoms with van der Waals surface area (Å²) in [5.41, 5.74) is 1.38. The Bertz CT molecular complexity index is 651. The topological polar surface area (TPSA) is 43.4 Å². The van der Waals surface area contributed by atoms with Crippen LogP contribution in [-0.4, -0.2) is 29.4 Å². The van der Waals surface area contributed by atoms with Crippen molar-refractivity contribution in [2.24, 2.45) is 28.6 Å². The highest BCUT2D eigenvalue weighted by Crippen LogP contribution is 2.63. The number of thioether (sulfide) groups is 1. The van der Waals surface area contributed by atoms with Crippen molar-refractivity contribution >= 4 is 22.7 Å². The van der Waals surface area contributed by atoms with Crippen LogP contribution in [0.4, 0.5) is 0 Å². The van der Waals surface area contributed by atoms with E-state index in [9.17, 15) is 9.59 Å². The Balaban J connectivity index is 1.75. The molecule has 0 aromatic heterocycles. The summed E-state index contributed by atoms with van der Waals surface area (Å²) in [6, 6.07) is 0. The van der Waals surface area contributed by atoms with Crippen LogP contribution in [0.25, 0.3) is 0 Å². The molecule has 1 saturated heterocycles. The van der Waals surface area contributed by atoms with Crippen LogP contribution in [0, 0.1) is 28.6 Å². The Hall–Kier alpha value is -0.870. The van der Waals surface area contributed by atoms with Crippen molar-refractivity contribution in [3.63, 3.8) is 0 Å². The minimum atomic E-state index is -0.0894. The van der Waals surface area contributed by atoms with Crippen LogP contribution in [0.5, 0.6) is 0 Å². The number of hydrogen-bond donors (Lipinski definition) is 0. The van der Waals surface area contributed by atoms with E-state index in [-0.39, 0.29) is 21.6 Å². The standard InChI is InChI=1S/C20H26O3S/c1-12(21)24-18-9-14-15(5-6-19(2)11-23-10-17(14)19)20(3)7-4-13(22)8-16(18)20/h4,7-8,14-15,17-18H,5-6,9-11H2,1-3H3/t14-,15+,17+,18+,19-,20-/m1/s1. The van der Waals surface area contributed by atoms with Crippen molar-refractivity contribution in [1.82, 2.24) is 0 Å². The number of carbonyl (C=O) groups is 2. The van der Waals surface area contributed by atoms with Gasteiger partial charge in [0.25, 0.3) is 0 Å². The van der Waals surface area contributed by atoms with Crippen LogP contribution >= 0.6 is 11.8 Å². The number of allylic oxidation sites excluding steroid dienone is 3. The summed E-state index contributed by atoms with van der Waals surface area (Å²) in [6.45, 7) is 8.03. The molecule has 0 amide bonds. The third kappa shape index (κ3) is 2.37. The average molecular weight is 346 g/mol. The lowest BCUT2D eigenvalue weighted by Gasteiger charge is -2.57. The molecule has 24 heavy (non-hydrogen) atoms. The van der Waals surface area contributed by atoms with E-state index in [4.69, 9.17) is 4.74 Å². The molecule has 6 atom stereocenters. The molecule has 0 aromatic carbocycles. The smallest absolute Gasteiger partial charge is 0.186 e. The summed E-state index contributed by atoms with van der Waals surface area (Å²) in [5, 5.41) is 0.274. The van der Waals surface area contributed by atoms with Gasteiger partial charge >= 0.3 is 0 Å². The summed E-state index contributed by atoms with van der Waals surface area (Å²) < 4.78 is 5.89. The van der Waals surface area contributed by atoms with E-state index in [0.717, 1.165) is 19.6 Å². The van der Waals surface area contributed by atoms with Gasteiger partial charge in [-0.2, -0.15) is 0 Å². The molecule has 0 spiro atoms. The van der Waals surface area contributed by atoms with Gasteiger partial charge in [0.1, 0.15) is 0 Å². The third-order valence-corrected chi connectivity index (χ3v) is 8.17. The first-order valence-corrected chi connectivity index (χ1v) is 9.92. The molecule has 4 rings (SSSR count). The SMILES string of the molecule is CC(=O)S[C@H]1C[C@H]2[C@@H]3COC[C@@]3(C)CC[C@@H]2[C@@]2(C)C=CC(=O)C=C12. The van der Waals surface area contributed by atoms with E-state index in [1.54, 1.807) is 13.0 Å². The maximum Gasteiger partial charge on any atom is 0.186 e. The lowest BCUT2D eigenvalue weighted by atomic mass is 9.48. The molecule has 2 saturated carbocycles. The molecule has 3 aliphatic carbocycles. The summed E-state index contributed by atoms with van der Waals surface area (Å²) in [4.78, 5) is 23.8. The molecular formula is C20H26O3S. The first-order chi connectivity index (χ1) is 11.3. The predicted molar refractivity (Wildman–Crippen MR) is 95.6 cm³/mol. The molecule has 0 aromatic rings. The van der Waals surface area contributed by atoms with Crippen LogP contribution in [0.15, 0.2) is 23.8 Å². The van der Waals surface area contributed by atoms with Gasteiger partial charge in [-0.05, 0) is 60.2 Å². The van der Waals surface area contributed by atoms with Crippen LogP contribution in [0.1, 0.15) is 40.0 Å². The van der Waals surface area contributed by atoms with Gasteiger partial charge < -0.3 is 4.74 Å². The number of carbonyl (C=O) groups excluding carboxylic acids is 2. The van der Waals surface area contributed by atoms with Crippen LogP contribution in [0.2, 0.25) is 0 Å². The van der Waals surface area contributed by atoms with E-state index in [0.29, 0.717) is 23.2 Å². The molecule has 4 heteroatoms. The Morgan fingerprint density at radius 1 is 1.33 bits per heavy atom. The minimum absolute atomic E-state index is 0.0694. The first-order valence-electron chi connectivity index (χ1n) is 9.04. The van der Waals surface area contributed by atoms with Gasteiger partial charge in [-0.15, -0.1) is 0 Å². The molecule has 1 aliphatic heterocycles. The lowest BCUT2D eigenvalue weighted by molar-refractivity contribution is -0.111. The molecule has 0 radical (unpaired) electrons. The van der Waals surface area contributed by atoms with E-state index >= 15 is 0 Å². The molecule has 3 nitrogen and oxygen atoms in total. The fourth-order valence-electron chi connectivity index (χ4n) is 5.85. The number of hydrogen-bond acceptors (Lipinski definition) is 4. The summed E-state index contributed by atoms with van der Waals surface area (Å²) in [7, 11) is 0. The van der Waals surface area contributed by atoms with Crippen molar-refractivity contribution in [1.29, 1.82) is 0 Å². The fraction of sp³-hybridized carbons (Fsp3) is 0.700. The Kier molecular flexibility index (Phi) is 3.85. The maximum atomic E-state index is 12.0. The van der Waals surface area contributed by atoms with E-state index in [2.05, 4.69) is 19.9 Å². The summed E-state index contributed by atoms with van der Waals surface area (Å²) in [6.07, 6.45) is 9.07. The molecular weight excluding hydrogens is 320 g/mol. The lowest BCUT2D eigenvalue weighted by Crippen LogP contribution is -2.52. The van der Waals surface area contributed by atoms with E-state index in [1.807, 2.05) is 6.08 Å². The monoisotopic (exact) mass is 346 g/mol. The van der Waals surface area contributed by atoms with Gasteiger partial charge in [0.2, 0.25) is 0 Å². The van der Waals surface area contributed by atoms with Crippen molar-refractivity contribution in [2.75, 3.05) is 13.2 Å². The van der Waals surface area contributed by atoms with Crippen molar-refractivity contribution < 1.29 is 14.3 Å². The van der Waals surface area contributed by atoms with Gasteiger partial charge in [0.15, 0.2) is 10.9 Å².